The molecule has 0 fully saturated rings. The summed E-state index contributed by atoms with van der Waals surface area (Å²) >= 11 is 0. The maximum atomic E-state index is 12.2. The number of aromatic nitrogens is 2. The van der Waals surface area contributed by atoms with Crippen LogP contribution in [0.4, 0.5) is 5.69 Å². The van der Waals surface area contributed by atoms with Gasteiger partial charge in [0.25, 0.3) is 5.56 Å². The number of anilines is 1. The topological polar surface area (TPSA) is 74.0 Å². The Bertz CT molecular complexity index is 745. The largest absolute Gasteiger partial charge is 0.467 e. The second kappa shape index (κ2) is 4.03. The molecule has 1 aromatic carbocycles. The molecular formula is C13H11N3O2. The van der Waals surface area contributed by atoms with Crippen LogP contribution in [0.2, 0.25) is 0 Å². The van der Waals surface area contributed by atoms with Crippen molar-refractivity contribution >= 4 is 16.6 Å². The zero-order valence-corrected chi connectivity index (χ0v) is 9.54. The molecule has 0 aliphatic rings. The fourth-order valence-corrected chi connectivity index (χ4v) is 1.86. The van der Waals surface area contributed by atoms with Gasteiger partial charge in [-0.2, -0.15) is 0 Å². The predicted octanol–water partition coefficient (Wildman–Crippen LogP) is 1.62. The van der Waals surface area contributed by atoms with Gasteiger partial charge < -0.3 is 10.2 Å². The third kappa shape index (κ3) is 1.75. The molecule has 2 aromatic heterocycles. The van der Waals surface area contributed by atoms with Gasteiger partial charge in [-0.05, 0) is 30.3 Å². The van der Waals surface area contributed by atoms with Crippen LogP contribution < -0.4 is 11.3 Å². The molecule has 0 unspecified atom stereocenters. The first-order valence-corrected chi connectivity index (χ1v) is 5.51. The average molecular weight is 241 g/mol. The Labute approximate surface area is 102 Å². The van der Waals surface area contributed by atoms with Gasteiger partial charge in [0.2, 0.25) is 0 Å². The van der Waals surface area contributed by atoms with Crippen LogP contribution in [0.5, 0.6) is 0 Å². The van der Waals surface area contributed by atoms with Gasteiger partial charge in [-0.25, -0.2) is 4.98 Å². The molecule has 0 aliphatic heterocycles. The smallest absolute Gasteiger partial charge is 0.261 e. The molecule has 0 saturated carbocycles. The van der Waals surface area contributed by atoms with E-state index in [2.05, 4.69) is 4.98 Å². The number of rotatable bonds is 2. The van der Waals surface area contributed by atoms with Crippen molar-refractivity contribution in [3.05, 3.63) is 59.0 Å². The summed E-state index contributed by atoms with van der Waals surface area (Å²) < 4.78 is 6.72. The van der Waals surface area contributed by atoms with Crippen LogP contribution in [0.3, 0.4) is 0 Å². The highest BCUT2D eigenvalue weighted by molar-refractivity contribution is 5.80. The normalized spacial score (nSPS) is 10.9. The van der Waals surface area contributed by atoms with Gasteiger partial charge in [-0.1, -0.05) is 0 Å². The third-order valence-corrected chi connectivity index (χ3v) is 2.75. The monoisotopic (exact) mass is 241 g/mol. The summed E-state index contributed by atoms with van der Waals surface area (Å²) in [5, 5.41) is 0.518. The molecule has 18 heavy (non-hydrogen) atoms. The van der Waals surface area contributed by atoms with E-state index in [4.69, 9.17) is 10.2 Å². The summed E-state index contributed by atoms with van der Waals surface area (Å²) in [6.07, 6.45) is 3.09. The van der Waals surface area contributed by atoms with Crippen molar-refractivity contribution in [1.82, 2.24) is 9.55 Å². The highest BCUT2D eigenvalue weighted by Gasteiger charge is 2.06. The van der Waals surface area contributed by atoms with E-state index in [1.54, 1.807) is 30.5 Å². The Morgan fingerprint density at radius 2 is 2.22 bits per heavy atom. The van der Waals surface area contributed by atoms with Crippen LogP contribution >= 0.6 is 0 Å². The number of nitrogens with two attached hydrogens (primary N) is 1. The zero-order chi connectivity index (χ0) is 12.5. The molecule has 2 heterocycles. The maximum Gasteiger partial charge on any atom is 0.261 e. The summed E-state index contributed by atoms with van der Waals surface area (Å²) in [5.74, 6) is 0.710. The van der Waals surface area contributed by atoms with Crippen molar-refractivity contribution < 1.29 is 4.42 Å². The van der Waals surface area contributed by atoms with Gasteiger partial charge in [0.15, 0.2) is 0 Å². The highest BCUT2D eigenvalue weighted by atomic mass is 16.3. The molecule has 0 aliphatic carbocycles. The van der Waals surface area contributed by atoms with E-state index in [9.17, 15) is 4.79 Å². The van der Waals surface area contributed by atoms with Crippen molar-refractivity contribution in [1.29, 1.82) is 0 Å². The van der Waals surface area contributed by atoms with E-state index >= 15 is 0 Å². The Morgan fingerprint density at radius 3 is 3.00 bits per heavy atom. The van der Waals surface area contributed by atoms with Gasteiger partial charge in [-0.3, -0.25) is 9.36 Å². The van der Waals surface area contributed by atoms with Crippen LogP contribution in [0.25, 0.3) is 10.9 Å². The van der Waals surface area contributed by atoms with Gasteiger partial charge in [0, 0.05) is 5.69 Å². The first kappa shape index (κ1) is 10.6. The van der Waals surface area contributed by atoms with Gasteiger partial charge in [-0.15, -0.1) is 0 Å². The summed E-state index contributed by atoms with van der Waals surface area (Å²) in [7, 11) is 0. The second-order valence-corrected chi connectivity index (χ2v) is 4.03. The lowest BCUT2D eigenvalue weighted by Crippen LogP contribution is -2.21. The molecule has 3 rings (SSSR count). The minimum Gasteiger partial charge on any atom is -0.467 e. The Morgan fingerprint density at radius 1 is 1.33 bits per heavy atom. The third-order valence-electron chi connectivity index (χ3n) is 2.75. The number of hydrogen-bond acceptors (Lipinski definition) is 4. The second-order valence-electron chi connectivity index (χ2n) is 4.03. The Balaban J connectivity index is 2.14. The van der Waals surface area contributed by atoms with E-state index in [0.717, 1.165) is 0 Å². The minimum absolute atomic E-state index is 0.122. The van der Waals surface area contributed by atoms with Crippen molar-refractivity contribution in [3.8, 4) is 0 Å². The average Bonchev–Trinajstić information content (AvgIpc) is 2.86. The van der Waals surface area contributed by atoms with Crippen molar-refractivity contribution in [2.75, 3.05) is 5.73 Å². The number of nitrogens with zero attached hydrogens (tertiary/aromatic N) is 2. The van der Waals surface area contributed by atoms with Crippen molar-refractivity contribution in [2.24, 2.45) is 0 Å². The van der Waals surface area contributed by atoms with Gasteiger partial charge in [0.1, 0.15) is 5.76 Å². The molecule has 3 aromatic rings. The lowest BCUT2D eigenvalue weighted by Gasteiger charge is -2.05. The van der Waals surface area contributed by atoms with Crippen LogP contribution in [-0.4, -0.2) is 9.55 Å². The highest BCUT2D eigenvalue weighted by Crippen LogP contribution is 2.11. The summed E-state index contributed by atoms with van der Waals surface area (Å²) in [5.41, 5.74) is 6.76. The molecule has 2 N–H and O–H groups in total. The quantitative estimate of drug-likeness (QED) is 0.692. The fourth-order valence-electron chi connectivity index (χ4n) is 1.86. The lowest BCUT2D eigenvalue weighted by molar-refractivity contribution is 0.489. The molecule has 0 spiro atoms. The van der Waals surface area contributed by atoms with Crippen LogP contribution in [0, 0.1) is 0 Å². The molecular weight excluding hydrogens is 230 g/mol. The number of hydrogen-bond donors (Lipinski definition) is 1. The van der Waals surface area contributed by atoms with Crippen LogP contribution in [0.1, 0.15) is 5.76 Å². The standard InChI is InChI=1S/C13H11N3O2/c14-9-3-4-12-11(6-9)13(17)16(8-15-12)7-10-2-1-5-18-10/h1-6,8H,7,14H2. The minimum atomic E-state index is -0.122. The Hall–Kier alpha value is -2.56. The molecule has 0 bridgehead atoms. The first-order chi connectivity index (χ1) is 8.74. The molecule has 90 valence electrons. The SMILES string of the molecule is Nc1ccc2ncn(Cc3ccco3)c(=O)c2c1. The van der Waals surface area contributed by atoms with Crippen molar-refractivity contribution in [2.45, 2.75) is 6.54 Å². The van der Waals surface area contributed by atoms with E-state index in [0.29, 0.717) is 28.9 Å². The van der Waals surface area contributed by atoms with Gasteiger partial charge >= 0.3 is 0 Å². The fraction of sp³-hybridized carbons (Fsp3) is 0.0769. The predicted molar refractivity (Wildman–Crippen MR) is 68.2 cm³/mol. The maximum absolute atomic E-state index is 12.2. The van der Waals surface area contributed by atoms with E-state index in [1.165, 1.54) is 10.9 Å². The number of furan rings is 1. The lowest BCUT2D eigenvalue weighted by atomic mass is 10.2. The van der Waals surface area contributed by atoms with E-state index in [-0.39, 0.29) is 5.56 Å². The van der Waals surface area contributed by atoms with Crippen molar-refractivity contribution in [3.63, 3.8) is 0 Å². The molecule has 5 nitrogen and oxygen atoms in total. The summed E-state index contributed by atoms with van der Waals surface area (Å²) in [6.45, 7) is 0.365. The number of nitrogen functional groups attached to an aromatic ring is 1. The number of benzene rings is 1. The van der Waals surface area contributed by atoms with Crippen LogP contribution in [0.15, 0.2) is 52.1 Å². The van der Waals surface area contributed by atoms with E-state index < -0.39 is 0 Å². The molecule has 5 heteroatoms. The molecule has 0 radical (unpaired) electrons. The van der Waals surface area contributed by atoms with E-state index in [1.807, 2.05) is 6.07 Å². The van der Waals surface area contributed by atoms with Gasteiger partial charge in [0.05, 0.1) is 30.0 Å². The first-order valence-electron chi connectivity index (χ1n) is 5.51. The zero-order valence-electron chi connectivity index (χ0n) is 9.54. The number of fused-ring (bicyclic) bond motifs is 1. The summed E-state index contributed by atoms with van der Waals surface area (Å²) in [4.78, 5) is 16.5. The Kier molecular flexibility index (Phi) is 2.37. The summed E-state index contributed by atoms with van der Waals surface area (Å²) in [6, 6.07) is 8.71. The molecule has 0 saturated heterocycles. The molecule has 0 atom stereocenters. The van der Waals surface area contributed by atoms with Crippen LogP contribution in [-0.2, 0) is 6.54 Å². The molecule has 0 amide bonds.